The molecule has 3 N–H and O–H groups in total. The Kier molecular flexibility index (Phi) is 6.11. The van der Waals surface area contributed by atoms with Crippen molar-refractivity contribution >= 4 is 35.0 Å². The van der Waals surface area contributed by atoms with E-state index >= 15 is 4.39 Å². The second kappa shape index (κ2) is 8.15. The standard InChI is InChI=1S/C21H25F2N3O3.ClH/c1-3-4-11-7-25(9-16(11)24)19-10(2)18-12(5-15(19)23)20(27)13(21(28)29)8-26(18)17-6-14(17)22;/h5,8,11,14,16-17H,3-4,6-7,9,24H2,1-2H3,(H,28,29);1H/t11-,14-,16+,17+;/m0./s1. The maximum atomic E-state index is 15.2. The van der Waals surface area contributed by atoms with Gasteiger partial charge in [0.1, 0.15) is 17.6 Å². The number of hydrogen-bond donors (Lipinski definition) is 2. The van der Waals surface area contributed by atoms with Gasteiger partial charge in [0.25, 0.3) is 0 Å². The number of carbonyl (C=O) groups is 1. The van der Waals surface area contributed by atoms with E-state index in [0.717, 1.165) is 18.9 Å². The smallest absolute Gasteiger partial charge is 0.341 e. The number of aryl methyl sites for hydroxylation is 1. The van der Waals surface area contributed by atoms with Crippen LogP contribution >= 0.6 is 12.4 Å². The number of alkyl halides is 1. The molecule has 2 heterocycles. The molecule has 1 aliphatic heterocycles. The number of halogens is 3. The Balaban J connectivity index is 0.00000256. The highest BCUT2D eigenvalue weighted by molar-refractivity contribution is 5.95. The van der Waals surface area contributed by atoms with Crippen molar-refractivity contribution in [3.05, 3.63) is 39.4 Å². The monoisotopic (exact) mass is 441 g/mol. The van der Waals surface area contributed by atoms with Crippen molar-refractivity contribution in [1.29, 1.82) is 0 Å². The molecule has 30 heavy (non-hydrogen) atoms. The molecule has 0 bridgehead atoms. The number of nitrogens with two attached hydrogens (primary N) is 1. The molecule has 1 aromatic heterocycles. The molecule has 1 saturated heterocycles. The first-order valence-corrected chi connectivity index (χ1v) is 10.00. The Morgan fingerprint density at radius 3 is 2.60 bits per heavy atom. The second-order valence-corrected chi connectivity index (χ2v) is 8.25. The molecule has 0 spiro atoms. The van der Waals surface area contributed by atoms with Gasteiger partial charge in [-0.25, -0.2) is 13.6 Å². The highest BCUT2D eigenvalue weighted by Crippen LogP contribution is 2.43. The average molecular weight is 442 g/mol. The summed E-state index contributed by atoms with van der Waals surface area (Å²) in [5.74, 6) is -1.74. The van der Waals surface area contributed by atoms with Gasteiger partial charge in [0.15, 0.2) is 0 Å². The Bertz CT molecular complexity index is 1060. The maximum Gasteiger partial charge on any atom is 0.341 e. The molecule has 0 radical (unpaired) electrons. The van der Waals surface area contributed by atoms with E-state index in [9.17, 15) is 19.1 Å². The minimum absolute atomic E-state index is 0. The molecule has 2 aliphatic rings. The molecule has 0 amide bonds. The van der Waals surface area contributed by atoms with Gasteiger partial charge in [-0.3, -0.25) is 4.79 Å². The van der Waals surface area contributed by atoms with Gasteiger partial charge in [-0.1, -0.05) is 13.3 Å². The van der Waals surface area contributed by atoms with Gasteiger partial charge in [0.05, 0.1) is 17.2 Å². The minimum Gasteiger partial charge on any atom is -0.477 e. The SMILES string of the molecule is CCC[C@H]1CN(c2c(F)cc3c(=O)c(C(=O)O)cn([C@@H]4C[C@@H]4F)c3c2C)C[C@H]1N.Cl. The van der Waals surface area contributed by atoms with Crippen LogP contribution in [-0.2, 0) is 0 Å². The molecule has 2 aromatic rings. The van der Waals surface area contributed by atoms with E-state index < -0.39 is 35.0 Å². The molecule has 9 heteroatoms. The van der Waals surface area contributed by atoms with E-state index in [2.05, 4.69) is 6.92 Å². The van der Waals surface area contributed by atoms with Crippen molar-refractivity contribution in [2.45, 2.75) is 51.4 Å². The Hall–Kier alpha value is -2.19. The number of benzene rings is 1. The summed E-state index contributed by atoms with van der Waals surface area (Å²) < 4.78 is 30.5. The zero-order valence-electron chi connectivity index (χ0n) is 16.9. The summed E-state index contributed by atoms with van der Waals surface area (Å²) in [4.78, 5) is 26.1. The largest absolute Gasteiger partial charge is 0.477 e. The topological polar surface area (TPSA) is 88.6 Å². The first kappa shape index (κ1) is 22.5. The predicted molar refractivity (Wildman–Crippen MR) is 114 cm³/mol. The molecule has 4 rings (SSSR count). The first-order valence-electron chi connectivity index (χ1n) is 10.00. The van der Waals surface area contributed by atoms with E-state index in [1.54, 1.807) is 6.92 Å². The van der Waals surface area contributed by atoms with Crippen LogP contribution in [0, 0.1) is 18.7 Å². The number of nitrogens with zero attached hydrogens (tertiary/aromatic N) is 2. The summed E-state index contributed by atoms with van der Waals surface area (Å²) in [5.41, 5.74) is 6.29. The number of aromatic carboxylic acids is 1. The van der Waals surface area contributed by atoms with Crippen LogP contribution in [-0.4, -0.2) is 40.9 Å². The molecule has 2 fully saturated rings. The first-order chi connectivity index (χ1) is 13.7. The molecular formula is C21H26ClF2N3O3. The fourth-order valence-electron chi connectivity index (χ4n) is 4.67. The van der Waals surface area contributed by atoms with Gasteiger partial charge >= 0.3 is 5.97 Å². The quantitative estimate of drug-likeness (QED) is 0.742. The van der Waals surface area contributed by atoms with E-state index in [1.165, 1.54) is 10.8 Å². The number of aromatic nitrogens is 1. The lowest BCUT2D eigenvalue weighted by Gasteiger charge is -2.24. The van der Waals surface area contributed by atoms with Crippen LogP contribution in [0.4, 0.5) is 14.5 Å². The summed E-state index contributed by atoms with van der Waals surface area (Å²) in [7, 11) is 0. The van der Waals surface area contributed by atoms with Crippen LogP contribution in [0.15, 0.2) is 17.1 Å². The molecule has 1 aromatic carbocycles. The highest BCUT2D eigenvalue weighted by atomic mass is 35.5. The van der Waals surface area contributed by atoms with E-state index in [-0.39, 0.29) is 36.2 Å². The number of hydrogen-bond acceptors (Lipinski definition) is 4. The third kappa shape index (κ3) is 3.56. The number of carboxylic acids is 1. The van der Waals surface area contributed by atoms with Crippen molar-refractivity contribution in [3.63, 3.8) is 0 Å². The van der Waals surface area contributed by atoms with E-state index in [4.69, 9.17) is 5.73 Å². The van der Waals surface area contributed by atoms with Crippen LogP contribution in [0.2, 0.25) is 0 Å². The van der Waals surface area contributed by atoms with Gasteiger partial charge in [-0.15, -0.1) is 12.4 Å². The molecule has 1 saturated carbocycles. The third-order valence-electron chi connectivity index (χ3n) is 6.21. The van der Waals surface area contributed by atoms with Crippen LogP contribution in [0.3, 0.4) is 0 Å². The van der Waals surface area contributed by atoms with Gasteiger partial charge < -0.3 is 20.3 Å². The van der Waals surface area contributed by atoms with Crippen molar-refractivity contribution in [2.24, 2.45) is 11.7 Å². The molecule has 6 nitrogen and oxygen atoms in total. The highest BCUT2D eigenvalue weighted by Gasteiger charge is 2.41. The second-order valence-electron chi connectivity index (χ2n) is 8.25. The lowest BCUT2D eigenvalue weighted by Crippen LogP contribution is -2.30. The molecule has 164 valence electrons. The molecule has 1 aliphatic carbocycles. The summed E-state index contributed by atoms with van der Waals surface area (Å²) in [6, 6.07) is 0.485. The Morgan fingerprint density at radius 1 is 1.37 bits per heavy atom. The van der Waals surface area contributed by atoms with Crippen LogP contribution in [0.5, 0.6) is 0 Å². The Morgan fingerprint density at radius 2 is 2.03 bits per heavy atom. The summed E-state index contributed by atoms with van der Waals surface area (Å²) in [5, 5.41) is 9.34. The number of carboxylic acid groups (broad SMARTS) is 1. The zero-order chi connectivity index (χ0) is 21.0. The normalized spacial score (nSPS) is 25.4. The van der Waals surface area contributed by atoms with Crippen molar-refractivity contribution in [1.82, 2.24) is 4.57 Å². The number of fused-ring (bicyclic) bond motifs is 1. The molecule has 4 atom stereocenters. The Labute approximate surface area is 179 Å². The van der Waals surface area contributed by atoms with Crippen molar-refractivity contribution < 1.29 is 18.7 Å². The third-order valence-corrected chi connectivity index (χ3v) is 6.21. The lowest BCUT2D eigenvalue weighted by atomic mass is 9.99. The maximum absolute atomic E-state index is 15.2. The zero-order valence-corrected chi connectivity index (χ0v) is 17.7. The lowest BCUT2D eigenvalue weighted by molar-refractivity contribution is 0.0694. The van der Waals surface area contributed by atoms with Gasteiger partial charge in [-0.2, -0.15) is 0 Å². The summed E-state index contributed by atoms with van der Waals surface area (Å²) in [6.07, 6.45) is 2.27. The minimum atomic E-state index is -1.41. The van der Waals surface area contributed by atoms with E-state index in [1.807, 2.05) is 4.90 Å². The van der Waals surface area contributed by atoms with Crippen LogP contribution in [0.25, 0.3) is 10.9 Å². The predicted octanol–water partition coefficient (Wildman–Crippen LogP) is 3.42. The van der Waals surface area contributed by atoms with Gasteiger partial charge in [0.2, 0.25) is 5.43 Å². The molecular weight excluding hydrogens is 416 g/mol. The fourth-order valence-corrected chi connectivity index (χ4v) is 4.67. The van der Waals surface area contributed by atoms with Crippen LogP contribution < -0.4 is 16.1 Å². The summed E-state index contributed by atoms with van der Waals surface area (Å²) >= 11 is 0. The number of rotatable bonds is 5. The summed E-state index contributed by atoms with van der Waals surface area (Å²) in [6.45, 7) is 4.90. The number of pyridine rings is 1. The fraction of sp³-hybridized carbons (Fsp3) is 0.524. The van der Waals surface area contributed by atoms with Crippen molar-refractivity contribution in [2.75, 3.05) is 18.0 Å². The van der Waals surface area contributed by atoms with Gasteiger partial charge in [-0.05, 0) is 30.9 Å². The van der Waals surface area contributed by atoms with E-state index in [0.29, 0.717) is 29.9 Å². The van der Waals surface area contributed by atoms with Gasteiger partial charge in [0, 0.05) is 37.1 Å². The number of anilines is 1. The van der Waals surface area contributed by atoms with Crippen molar-refractivity contribution in [3.8, 4) is 0 Å². The van der Waals surface area contributed by atoms with Crippen LogP contribution in [0.1, 0.15) is 48.1 Å². The molecule has 0 unspecified atom stereocenters. The average Bonchev–Trinajstić information content (AvgIpc) is 3.27.